The SMILES string of the molecule is Cc1c(C(C)NC(=O)CCn2ncc(=O)c3ccccc32)oc2ccccc12. The van der Waals surface area contributed by atoms with Gasteiger partial charge in [-0.25, -0.2) is 0 Å². The Labute approximate surface area is 161 Å². The Morgan fingerprint density at radius 3 is 2.64 bits per heavy atom. The second-order valence-corrected chi connectivity index (χ2v) is 6.88. The molecule has 1 atom stereocenters. The first-order chi connectivity index (χ1) is 13.5. The number of carbonyl (C=O) groups excluding carboxylic acids is 1. The molecule has 1 unspecified atom stereocenters. The van der Waals surface area contributed by atoms with Gasteiger partial charge >= 0.3 is 0 Å². The fourth-order valence-corrected chi connectivity index (χ4v) is 3.53. The topological polar surface area (TPSA) is 77.1 Å². The minimum absolute atomic E-state index is 0.100. The molecule has 0 saturated heterocycles. The van der Waals surface area contributed by atoms with E-state index in [1.165, 1.54) is 6.20 Å². The van der Waals surface area contributed by atoms with Gasteiger partial charge in [-0.1, -0.05) is 30.3 Å². The predicted molar refractivity (Wildman–Crippen MR) is 108 cm³/mol. The van der Waals surface area contributed by atoms with Crippen molar-refractivity contribution in [1.29, 1.82) is 0 Å². The quantitative estimate of drug-likeness (QED) is 0.577. The fourth-order valence-electron chi connectivity index (χ4n) is 3.53. The van der Waals surface area contributed by atoms with Crippen LogP contribution in [0.2, 0.25) is 0 Å². The number of hydrogen-bond donors (Lipinski definition) is 1. The summed E-state index contributed by atoms with van der Waals surface area (Å²) in [5.74, 6) is 0.665. The average molecular weight is 375 g/mol. The Balaban J connectivity index is 1.47. The summed E-state index contributed by atoms with van der Waals surface area (Å²) < 4.78 is 7.62. The largest absolute Gasteiger partial charge is 0.459 e. The van der Waals surface area contributed by atoms with Gasteiger partial charge in [0.1, 0.15) is 11.3 Å². The van der Waals surface area contributed by atoms with E-state index in [-0.39, 0.29) is 23.8 Å². The fraction of sp³-hybridized carbons (Fsp3) is 0.227. The molecule has 6 nitrogen and oxygen atoms in total. The second-order valence-electron chi connectivity index (χ2n) is 6.88. The van der Waals surface area contributed by atoms with Gasteiger partial charge in [-0.15, -0.1) is 0 Å². The molecule has 0 saturated carbocycles. The van der Waals surface area contributed by atoms with E-state index in [1.807, 2.05) is 56.3 Å². The minimum Gasteiger partial charge on any atom is -0.459 e. The van der Waals surface area contributed by atoms with Crippen LogP contribution in [0.3, 0.4) is 0 Å². The van der Waals surface area contributed by atoms with Crippen molar-refractivity contribution < 1.29 is 9.21 Å². The van der Waals surface area contributed by atoms with Gasteiger partial charge in [0.2, 0.25) is 11.3 Å². The highest BCUT2D eigenvalue weighted by Gasteiger charge is 2.18. The molecule has 0 spiro atoms. The van der Waals surface area contributed by atoms with Crippen molar-refractivity contribution in [3.05, 3.63) is 76.3 Å². The Morgan fingerprint density at radius 2 is 1.86 bits per heavy atom. The Bertz CT molecular complexity index is 1220. The number of aryl methyl sites for hydroxylation is 2. The molecule has 0 aliphatic heterocycles. The summed E-state index contributed by atoms with van der Waals surface area (Å²) in [7, 11) is 0. The van der Waals surface area contributed by atoms with Crippen LogP contribution in [-0.2, 0) is 11.3 Å². The molecule has 0 bridgehead atoms. The zero-order valence-corrected chi connectivity index (χ0v) is 15.8. The van der Waals surface area contributed by atoms with Crippen molar-refractivity contribution in [3.8, 4) is 0 Å². The van der Waals surface area contributed by atoms with Crippen LogP contribution in [0.15, 0.2) is 63.9 Å². The summed E-state index contributed by atoms with van der Waals surface area (Å²) in [6, 6.07) is 14.9. The number of nitrogens with zero attached hydrogens (tertiary/aromatic N) is 2. The highest BCUT2D eigenvalue weighted by atomic mass is 16.3. The number of furan rings is 1. The van der Waals surface area contributed by atoms with Crippen molar-refractivity contribution in [2.24, 2.45) is 0 Å². The monoisotopic (exact) mass is 375 g/mol. The van der Waals surface area contributed by atoms with E-state index in [9.17, 15) is 9.59 Å². The molecular formula is C22H21N3O3. The van der Waals surface area contributed by atoms with Gasteiger partial charge in [0.25, 0.3) is 0 Å². The molecule has 0 fully saturated rings. The first kappa shape index (κ1) is 18.0. The van der Waals surface area contributed by atoms with Crippen LogP contribution >= 0.6 is 0 Å². The van der Waals surface area contributed by atoms with Crippen molar-refractivity contribution in [1.82, 2.24) is 15.1 Å². The number of fused-ring (bicyclic) bond motifs is 2. The summed E-state index contributed by atoms with van der Waals surface area (Å²) in [5, 5.41) is 8.82. The van der Waals surface area contributed by atoms with Crippen LogP contribution in [-0.4, -0.2) is 15.7 Å². The Kier molecular flexibility index (Phi) is 4.69. The van der Waals surface area contributed by atoms with Crippen LogP contribution in [0.4, 0.5) is 0 Å². The van der Waals surface area contributed by atoms with Gasteiger partial charge < -0.3 is 9.73 Å². The second kappa shape index (κ2) is 7.31. The molecule has 0 aliphatic carbocycles. The first-order valence-electron chi connectivity index (χ1n) is 9.27. The zero-order chi connectivity index (χ0) is 19.7. The molecule has 0 aliphatic rings. The molecule has 6 heteroatoms. The van der Waals surface area contributed by atoms with E-state index in [4.69, 9.17) is 4.42 Å². The molecular weight excluding hydrogens is 354 g/mol. The van der Waals surface area contributed by atoms with Crippen molar-refractivity contribution in [2.45, 2.75) is 32.9 Å². The maximum atomic E-state index is 12.5. The third-order valence-corrected chi connectivity index (χ3v) is 4.96. The van der Waals surface area contributed by atoms with Crippen LogP contribution < -0.4 is 10.7 Å². The van der Waals surface area contributed by atoms with E-state index in [0.717, 1.165) is 27.8 Å². The summed E-state index contributed by atoms with van der Waals surface area (Å²) in [4.78, 5) is 24.4. The van der Waals surface area contributed by atoms with E-state index >= 15 is 0 Å². The van der Waals surface area contributed by atoms with E-state index in [0.29, 0.717) is 11.9 Å². The number of rotatable bonds is 5. The van der Waals surface area contributed by atoms with E-state index in [2.05, 4.69) is 10.4 Å². The van der Waals surface area contributed by atoms with Gasteiger partial charge in [-0.05, 0) is 32.0 Å². The van der Waals surface area contributed by atoms with Crippen LogP contribution in [0.5, 0.6) is 0 Å². The molecule has 2 heterocycles. The van der Waals surface area contributed by atoms with Crippen LogP contribution in [0.1, 0.15) is 30.7 Å². The molecule has 4 aromatic rings. The number of carbonyl (C=O) groups is 1. The van der Waals surface area contributed by atoms with E-state index < -0.39 is 0 Å². The van der Waals surface area contributed by atoms with Gasteiger partial charge in [0.15, 0.2) is 0 Å². The first-order valence-corrected chi connectivity index (χ1v) is 9.27. The molecule has 142 valence electrons. The van der Waals surface area contributed by atoms with Crippen molar-refractivity contribution in [2.75, 3.05) is 0 Å². The lowest BCUT2D eigenvalue weighted by atomic mass is 10.1. The molecule has 1 amide bonds. The van der Waals surface area contributed by atoms with Crippen LogP contribution in [0.25, 0.3) is 21.9 Å². The Hall–Kier alpha value is -3.41. The summed E-state index contributed by atoms with van der Waals surface area (Å²) >= 11 is 0. The summed E-state index contributed by atoms with van der Waals surface area (Å²) in [6.45, 7) is 4.30. The molecule has 1 N–H and O–H groups in total. The number of nitrogens with one attached hydrogen (secondary N) is 1. The molecule has 2 aromatic carbocycles. The number of benzene rings is 2. The maximum absolute atomic E-state index is 12.5. The summed E-state index contributed by atoms with van der Waals surface area (Å²) in [6.07, 6.45) is 1.55. The lowest BCUT2D eigenvalue weighted by Gasteiger charge is -2.13. The lowest BCUT2D eigenvalue weighted by molar-refractivity contribution is -0.122. The van der Waals surface area contributed by atoms with E-state index in [1.54, 1.807) is 10.7 Å². The average Bonchev–Trinajstić information content (AvgIpc) is 3.05. The minimum atomic E-state index is -0.237. The Morgan fingerprint density at radius 1 is 1.14 bits per heavy atom. The van der Waals surface area contributed by atoms with Crippen molar-refractivity contribution in [3.63, 3.8) is 0 Å². The van der Waals surface area contributed by atoms with Gasteiger partial charge in [0, 0.05) is 22.8 Å². The number of aromatic nitrogens is 2. The predicted octanol–water partition coefficient (Wildman–Crippen LogP) is 3.72. The zero-order valence-electron chi connectivity index (χ0n) is 15.8. The molecule has 28 heavy (non-hydrogen) atoms. The third-order valence-electron chi connectivity index (χ3n) is 4.96. The smallest absolute Gasteiger partial charge is 0.222 e. The lowest BCUT2D eigenvalue weighted by Crippen LogP contribution is -2.28. The molecule has 2 aromatic heterocycles. The number of para-hydroxylation sites is 2. The number of amides is 1. The maximum Gasteiger partial charge on any atom is 0.222 e. The normalized spacial score (nSPS) is 12.4. The van der Waals surface area contributed by atoms with Gasteiger partial charge in [-0.3, -0.25) is 14.3 Å². The molecule has 0 radical (unpaired) electrons. The molecule has 4 rings (SSSR count). The highest BCUT2D eigenvalue weighted by molar-refractivity contribution is 5.83. The summed E-state index contributed by atoms with van der Waals surface area (Å²) in [5.41, 5.74) is 2.46. The van der Waals surface area contributed by atoms with Gasteiger partial charge in [0.05, 0.1) is 24.3 Å². The van der Waals surface area contributed by atoms with Crippen LogP contribution in [0, 0.1) is 6.92 Å². The third kappa shape index (κ3) is 3.29. The standard InChI is InChI=1S/C22H21N3O3/c1-14-16-7-4-6-10-20(16)28-22(14)15(2)24-21(27)11-12-25-18-9-5-3-8-17(18)19(26)13-23-25/h3-10,13,15H,11-12H2,1-2H3,(H,24,27). The highest BCUT2D eigenvalue weighted by Crippen LogP contribution is 2.29. The number of hydrogen-bond acceptors (Lipinski definition) is 4. The van der Waals surface area contributed by atoms with Crippen molar-refractivity contribution >= 4 is 27.8 Å². The van der Waals surface area contributed by atoms with Gasteiger partial charge in [-0.2, -0.15) is 5.10 Å².